The van der Waals surface area contributed by atoms with Crippen LogP contribution < -0.4 is 0 Å². The second-order valence-corrected chi connectivity index (χ2v) is 6.48. The van der Waals surface area contributed by atoms with Gasteiger partial charge in [0.05, 0.1) is 18.0 Å². The maximum absolute atomic E-state index is 9.14. The number of aliphatic hydroxyl groups is 1. The maximum atomic E-state index is 9.14. The molecule has 0 aliphatic carbocycles. The Kier molecular flexibility index (Phi) is 3.61. The van der Waals surface area contributed by atoms with E-state index in [1.54, 1.807) is 0 Å². The van der Waals surface area contributed by atoms with E-state index in [2.05, 4.69) is 9.97 Å². The maximum Gasteiger partial charge on any atom is 0.137 e. The number of hydrogen-bond donors (Lipinski definition) is 1. The molecule has 1 aromatic carbocycles. The first-order chi connectivity index (χ1) is 11.2. The zero-order chi connectivity index (χ0) is 15.8. The van der Waals surface area contributed by atoms with Crippen LogP contribution in [-0.4, -0.2) is 19.5 Å². The summed E-state index contributed by atoms with van der Waals surface area (Å²) in [5, 5.41) is 12.5. The molecule has 4 aromatic rings. The third-order valence-electron chi connectivity index (χ3n) is 3.57. The highest BCUT2D eigenvalue weighted by Crippen LogP contribution is 2.25. The van der Waals surface area contributed by atoms with Crippen molar-refractivity contribution in [2.75, 3.05) is 0 Å². The summed E-state index contributed by atoms with van der Waals surface area (Å²) in [4.78, 5) is 9.03. The molecule has 0 atom stereocenters. The Bertz CT molecular complexity index is 975. The van der Waals surface area contributed by atoms with Gasteiger partial charge in [-0.05, 0) is 24.3 Å². The van der Waals surface area contributed by atoms with Crippen molar-refractivity contribution in [2.24, 2.45) is 0 Å². The van der Waals surface area contributed by atoms with Gasteiger partial charge in [-0.1, -0.05) is 23.7 Å². The first kappa shape index (κ1) is 14.4. The van der Waals surface area contributed by atoms with Crippen molar-refractivity contribution in [3.8, 4) is 22.5 Å². The molecule has 114 valence electrons. The first-order valence-corrected chi connectivity index (χ1v) is 8.29. The Morgan fingerprint density at radius 3 is 2.48 bits per heavy atom. The van der Waals surface area contributed by atoms with E-state index in [1.165, 1.54) is 11.3 Å². The SMILES string of the molecule is OCc1nc(-c2ccc3nc(-c4ccc(Cl)cc4)cn3c2)cs1. The molecule has 3 aromatic heterocycles. The van der Waals surface area contributed by atoms with Crippen molar-refractivity contribution in [1.82, 2.24) is 14.4 Å². The van der Waals surface area contributed by atoms with Crippen LogP contribution in [0.15, 0.2) is 54.2 Å². The van der Waals surface area contributed by atoms with E-state index in [0.29, 0.717) is 10.0 Å². The number of aromatic nitrogens is 3. The molecule has 0 amide bonds. The van der Waals surface area contributed by atoms with Gasteiger partial charge in [0, 0.05) is 33.9 Å². The molecule has 0 aliphatic rings. The van der Waals surface area contributed by atoms with Crippen molar-refractivity contribution in [2.45, 2.75) is 6.61 Å². The summed E-state index contributed by atoms with van der Waals surface area (Å²) in [6.45, 7) is -0.0291. The highest BCUT2D eigenvalue weighted by Gasteiger charge is 2.08. The average molecular weight is 342 g/mol. The minimum Gasteiger partial charge on any atom is -0.389 e. The van der Waals surface area contributed by atoms with E-state index < -0.39 is 0 Å². The van der Waals surface area contributed by atoms with E-state index in [4.69, 9.17) is 16.7 Å². The number of benzene rings is 1. The minimum absolute atomic E-state index is 0.0291. The monoisotopic (exact) mass is 341 g/mol. The van der Waals surface area contributed by atoms with Crippen LogP contribution in [0, 0.1) is 0 Å². The summed E-state index contributed by atoms with van der Waals surface area (Å²) in [5.74, 6) is 0. The number of hydrogen-bond acceptors (Lipinski definition) is 4. The molecule has 4 rings (SSSR count). The lowest BCUT2D eigenvalue weighted by Gasteiger charge is -1.98. The fourth-order valence-electron chi connectivity index (χ4n) is 2.42. The van der Waals surface area contributed by atoms with Gasteiger partial charge in [-0.15, -0.1) is 11.3 Å². The number of pyridine rings is 1. The van der Waals surface area contributed by atoms with Gasteiger partial charge in [0.15, 0.2) is 0 Å². The van der Waals surface area contributed by atoms with E-state index in [9.17, 15) is 0 Å². The Balaban J connectivity index is 1.75. The van der Waals surface area contributed by atoms with E-state index >= 15 is 0 Å². The Hall–Kier alpha value is -2.21. The summed E-state index contributed by atoms with van der Waals surface area (Å²) in [6, 6.07) is 11.6. The molecule has 0 bridgehead atoms. The number of aliphatic hydroxyl groups excluding tert-OH is 1. The van der Waals surface area contributed by atoms with Crippen LogP contribution in [0.5, 0.6) is 0 Å². The van der Waals surface area contributed by atoms with Gasteiger partial charge in [-0.3, -0.25) is 0 Å². The predicted octanol–water partition coefficient (Wildman–Crippen LogP) is 4.27. The summed E-state index contributed by atoms with van der Waals surface area (Å²) in [7, 11) is 0. The topological polar surface area (TPSA) is 50.4 Å². The number of nitrogens with zero attached hydrogens (tertiary/aromatic N) is 3. The average Bonchev–Trinajstić information content (AvgIpc) is 3.21. The zero-order valence-electron chi connectivity index (χ0n) is 12.0. The normalized spacial score (nSPS) is 11.2. The third kappa shape index (κ3) is 2.74. The van der Waals surface area contributed by atoms with Crippen molar-refractivity contribution in [3.05, 3.63) is 64.2 Å². The highest BCUT2D eigenvalue weighted by molar-refractivity contribution is 7.09. The second-order valence-electron chi connectivity index (χ2n) is 5.10. The number of halogens is 1. The van der Waals surface area contributed by atoms with Crippen molar-refractivity contribution in [1.29, 1.82) is 0 Å². The molecule has 0 aliphatic heterocycles. The Morgan fingerprint density at radius 1 is 0.957 bits per heavy atom. The number of fused-ring (bicyclic) bond motifs is 1. The predicted molar refractivity (Wildman–Crippen MR) is 92.7 cm³/mol. The van der Waals surface area contributed by atoms with Gasteiger partial charge in [0.2, 0.25) is 0 Å². The van der Waals surface area contributed by atoms with Crippen LogP contribution >= 0.6 is 22.9 Å². The van der Waals surface area contributed by atoms with Gasteiger partial charge in [-0.2, -0.15) is 0 Å². The zero-order valence-corrected chi connectivity index (χ0v) is 13.6. The van der Waals surface area contributed by atoms with E-state index in [-0.39, 0.29) is 6.61 Å². The lowest BCUT2D eigenvalue weighted by Crippen LogP contribution is -1.86. The molecule has 0 saturated heterocycles. The molecule has 4 nitrogen and oxygen atoms in total. The Morgan fingerprint density at radius 2 is 1.74 bits per heavy atom. The van der Waals surface area contributed by atoms with Gasteiger partial charge in [-0.25, -0.2) is 9.97 Å². The van der Waals surface area contributed by atoms with Gasteiger partial charge in [0.1, 0.15) is 10.7 Å². The molecule has 6 heteroatoms. The molecule has 0 saturated carbocycles. The minimum atomic E-state index is -0.0291. The van der Waals surface area contributed by atoms with Gasteiger partial charge >= 0.3 is 0 Å². The van der Waals surface area contributed by atoms with E-state index in [0.717, 1.165) is 28.2 Å². The lowest BCUT2D eigenvalue weighted by molar-refractivity contribution is 0.281. The molecule has 3 heterocycles. The lowest BCUT2D eigenvalue weighted by atomic mass is 10.2. The highest BCUT2D eigenvalue weighted by atomic mass is 35.5. The van der Waals surface area contributed by atoms with Crippen molar-refractivity contribution in [3.63, 3.8) is 0 Å². The fraction of sp³-hybridized carbons (Fsp3) is 0.0588. The van der Waals surface area contributed by atoms with Crippen LogP contribution in [0.25, 0.3) is 28.2 Å². The van der Waals surface area contributed by atoms with Crippen molar-refractivity contribution < 1.29 is 5.11 Å². The molecular weight excluding hydrogens is 330 g/mol. The largest absolute Gasteiger partial charge is 0.389 e. The molecule has 0 radical (unpaired) electrons. The summed E-state index contributed by atoms with van der Waals surface area (Å²) < 4.78 is 1.98. The van der Waals surface area contributed by atoms with Crippen LogP contribution in [-0.2, 0) is 6.61 Å². The molecule has 0 spiro atoms. The first-order valence-electron chi connectivity index (χ1n) is 7.03. The van der Waals surface area contributed by atoms with Gasteiger partial charge < -0.3 is 9.51 Å². The molecule has 1 N–H and O–H groups in total. The quantitative estimate of drug-likeness (QED) is 0.605. The van der Waals surface area contributed by atoms with Gasteiger partial charge in [0.25, 0.3) is 0 Å². The van der Waals surface area contributed by atoms with E-state index in [1.807, 2.05) is 58.6 Å². The summed E-state index contributed by atoms with van der Waals surface area (Å²) in [5.41, 5.74) is 4.65. The molecule has 0 fully saturated rings. The van der Waals surface area contributed by atoms with Crippen LogP contribution in [0.3, 0.4) is 0 Å². The number of thiazole rings is 1. The number of imidazole rings is 1. The van der Waals surface area contributed by atoms with Crippen molar-refractivity contribution >= 4 is 28.6 Å². The molecular formula is C17H12ClN3OS. The fourth-order valence-corrected chi connectivity index (χ4v) is 3.21. The summed E-state index contributed by atoms with van der Waals surface area (Å²) in [6.07, 6.45) is 3.99. The Labute approximate surface area is 141 Å². The summed E-state index contributed by atoms with van der Waals surface area (Å²) >= 11 is 7.39. The second kappa shape index (κ2) is 5.77. The smallest absolute Gasteiger partial charge is 0.137 e. The van der Waals surface area contributed by atoms with Crippen LogP contribution in [0.2, 0.25) is 5.02 Å². The third-order valence-corrected chi connectivity index (χ3v) is 4.66. The van der Waals surface area contributed by atoms with Crippen LogP contribution in [0.4, 0.5) is 0 Å². The van der Waals surface area contributed by atoms with Crippen LogP contribution in [0.1, 0.15) is 5.01 Å². The number of rotatable bonds is 3. The molecule has 23 heavy (non-hydrogen) atoms. The standard InChI is InChI=1S/C17H12ClN3OS/c18-13-4-1-11(2-5-13)14-8-21-7-12(3-6-16(21)19-14)15-10-23-17(9-22)20-15/h1-8,10,22H,9H2. The molecule has 0 unspecified atom stereocenters.